The van der Waals surface area contributed by atoms with E-state index in [2.05, 4.69) is 54.0 Å². The van der Waals surface area contributed by atoms with Crippen LogP contribution in [0.25, 0.3) is 11.1 Å². The van der Waals surface area contributed by atoms with Crippen LogP contribution >= 0.6 is 24.8 Å². The molecule has 1 heterocycles. The van der Waals surface area contributed by atoms with Crippen LogP contribution in [-0.2, 0) is 0 Å². The van der Waals surface area contributed by atoms with E-state index in [1.807, 2.05) is 24.3 Å². The minimum atomic E-state index is -0.223. The third kappa shape index (κ3) is 6.02. The van der Waals surface area contributed by atoms with E-state index in [0.717, 1.165) is 41.8 Å². The Hall–Kier alpha value is -2.11. The molecule has 0 saturated carbocycles. The molecule has 0 spiro atoms. The molecule has 0 amide bonds. The molecule has 0 aromatic heterocycles. The Kier molecular flexibility index (Phi) is 9.98. The van der Waals surface area contributed by atoms with Gasteiger partial charge >= 0.3 is 0 Å². The fourth-order valence-corrected chi connectivity index (χ4v) is 4.38. The lowest BCUT2D eigenvalue weighted by Crippen LogP contribution is -2.46. The van der Waals surface area contributed by atoms with Gasteiger partial charge in [0, 0.05) is 23.7 Å². The zero-order chi connectivity index (χ0) is 20.9. The predicted octanol–water partition coefficient (Wildman–Crippen LogP) is 6.49. The number of rotatable bonds is 6. The molecule has 3 unspecified atom stereocenters. The van der Waals surface area contributed by atoms with Crippen LogP contribution in [0.15, 0.2) is 72.8 Å². The van der Waals surface area contributed by atoms with Crippen molar-refractivity contribution < 1.29 is 9.13 Å². The van der Waals surface area contributed by atoms with Crippen molar-refractivity contribution in [3.63, 3.8) is 0 Å². The summed E-state index contributed by atoms with van der Waals surface area (Å²) in [7, 11) is 1.71. The lowest BCUT2D eigenvalue weighted by Gasteiger charge is -2.36. The van der Waals surface area contributed by atoms with Crippen LogP contribution in [-0.4, -0.2) is 19.7 Å². The SMILES string of the molecule is COc1ccc(-c2ccc(F)cc2)cc1C(C)NC1CCCNC1c1ccccc1.Cl.Cl. The molecule has 2 N–H and O–H groups in total. The first-order valence-corrected chi connectivity index (χ1v) is 10.6. The molecule has 32 heavy (non-hydrogen) atoms. The summed E-state index contributed by atoms with van der Waals surface area (Å²) in [6.07, 6.45) is 2.28. The van der Waals surface area contributed by atoms with Crippen molar-refractivity contribution in [1.29, 1.82) is 0 Å². The van der Waals surface area contributed by atoms with E-state index >= 15 is 0 Å². The lowest BCUT2D eigenvalue weighted by atomic mass is 9.90. The van der Waals surface area contributed by atoms with Crippen molar-refractivity contribution in [2.75, 3.05) is 13.7 Å². The molecular formula is C26H31Cl2FN2O. The fraction of sp³-hybridized carbons (Fsp3) is 0.308. The van der Waals surface area contributed by atoms with Crippen molar-refractivity contribution in [3.05, 3.63) is 89.7 Å². The van der Waals surface area contributed by atoms with E-state index in [-0.39, 0.29) is 42.7 Å². The second kappa shape index (κ2) is 12.2. The Balaban J connectivity index is 0.00000181. The summed E-state index contributed by atoms with van der Waals surface area (Å²) in [5.41, 5.74) is 4.47. The van der Waals surface area contributed by atoms with Crippen LogP contribution in [0.3, 0.4) is 0 Å². The number of piperidine rings is 1. The van der Waals surface area contributed by atoms with Gasteiger partial charge in [0.2, 0.25) is 0 Å². The standard InChI is InChI=1S/C26H29FN2O.2ClH/c1-18(29-24-9-6-16-28-26(24)20-7-4-3-5-8-20)23-17-21(12-15-25(23)30-2)19-10-13-22(27)14-11-19;;/h3-5,7-8,10-15,17-18,24,26,28-29H,6,9,16H2,1-2H3;2*1H. The first-order chi connectivity index (χ1) is 14.7. The summed E-state index contributed by atoms with van der Waals surface area (Å²) >= 11 is 0. The van der Waals surface area contributed by atoms with E-state index < -0.39 is 0 Å². The van der Waals surface area contributed by atoms with Crippen LogP contribution in [0.4, 0.5) is 4.39 Å². The van der Waals surface area contributed by atoms with Gasteiger partial charge in [0.25, 0.3) is 0 Å². The topological polar surface area (TPSA) is 33.3 Å². The first kappa shape index (κ1) is 26.1. The molecule has 172 valence electrons. The molecule has 1 saturated heterocycles. The molecule has 3 atom stereocenters. The number of ether oxygens (including phenoxy) is 1. The van der Waals surface area contributed by atoms with Gasteiger partial charge in [0.05, 0.1) is 7.11 Å². The van der Waals surface area contributed by atoms with Crippen molar-refractivity contribution in [1.82, 2.24) is 10.6 Å². The fourth-order valence-electron chi connectivity index (χ4n) is 4.38. The quantitative estimate of drug-likeness (QED) is 0.426. The minimum absolute atomic E-state index is 0. The number of methoxy groups -OCH3 is 1. The Morgan fingerprint density at radius 2 is 1.66 bits per heavy atom. The van der Waals surface area contributed by atoms with Gasteiger partial charge in [-0.05, 0) is 67.3 Å². The van der Waals surface area contributed by atoms with Crippen molar-refractivity contribution in [2.24, 2.45) is 0 Å². The predicted molar refractivity (Wildman–Crippen MR) is 135 cm³/mol. The highest BCUT2D eigenvalue weighted by Crippen LogP contribution is 2.33. The van der Waals surface area contributed by atoms with Gasteiger partial charge in [-0.3, -0.25) is 0 Å². The first-order valence-electron chi connectivity index (χ1n) is 10.6. The molecule has 4 rings (SSSR count). The summed E-state index contributed by atoms with van der Waals surface area (Å²) in [5.74, 6) is 0.639. The van der Waals surface area contributed by atoms with E-state index in [4.69, 9.17) is 4.74 Å². The molecule has 0 aliphatic carbocycles. The molecule has 6 heteroatoms. The second-order valence-electron chi connectivity index (χ2n) is 7.94. The van der Waals surface area contributed by atoms with Gasteiger partial charge in [0.15, 0.2) is 0 Å². The summed E-state index contributed by atoms with van der Waals surface area (Å²) in [6.45, 7) is 3.22. The Labute approximate surface area is 202 Å². The van der Waals surface area contributed by atoms with E-state index in [0.29, 0.717) is 6.04 Å². The van der Waals surface area contributed by atoms with Gasteiger partial charge in [-0.15, -0.1) is 24.8 Å². The number of hydrogen-bond acceptors (Lipinski definition) is 3. The maximum Gasteiger partial charge on any atom is 0.123 e. The maximum atomic E-state index is 13.3. The number of halogens is 3. The highest BCUT2D eigenvalue weighted by atomic mass is 35.5. The van der Waals surface area contributed by atoms with Crippen LogP contribution in [0, 0.1) is 5.82 Å². The smallest absolute Gasteiger partial charge is 0.123 e. The summed E-state index contributed by atoms with van der Waals surface area (Å²) in [5, 5.41) is 7.53. The lowest BCUT2D eigenvalue weighted by molar-refractivity contribution is 0.284. The third-order valence-electron chi connectivity index (χ3n) is 5.96. The largest absolute Gasteiger partial charge is 0.496 e. The van der Waals surface area contributed by atoms with Gasteiger partial charge in [-0.2, -0.15) is 0 Å². The van der Waals surface area contributed by atoms with Crippen LogP contribution < -0.4 is 15.4 Å². The summed E-state index contributed by atoms with van der Waals surface area (Å²) in [6, 6.07) is 24.2. The molecule has 3 nitrogen and oxygen atoms in total. The minimum Gasteiger partial charge on any atom is -0.496 e. The Bertz CT molecular complexity index is 969. The van der Waals surface area contributed by atoms with Crippen molar-refractivity contribution in [2.45, 2.75) is 37.9 Å². The van der Waals surface area contributed by atoms with Gasteiger partial charge < -0.3 is 15.4 Å². The third-order valence-corrected chi connectivity index (χ3v) is 5.96. The van der Waals surface area contributed by atoms with Gasteiger partial charge in [-0.25, -0.2) is 4.39 Å². The molecule has 0 radical (unpaired) electrons. The molecule has 3 aromatic rings. The zero-order valence-corrected chi connectivity index (χ0v) is 20.0. The molecule has 3 aromatic carbocycles. The van der Waals surface area contributed by atoms with Crippen molar-refractivity contribution >= 4 is 24.8 Å². The second-order valence-corrected chi connectivity index (χ2v) is 7.94. The highest BCUT2D eigenvalue weighted by Gasteiger charge is 2.28. The number of benzene rings is 3. The zero-order valence-electron chi connectivity index (χ0n) is 18.4. The van der Waals surface area contributed by atoms with Gasteiger partial charge in [-0.1, -0.05) is 48.5 Å². The average Bonchev–Trinajstić information content (AvgIpc) is 2.80. The van der Waals surface area contributed by atoms with E-state index in [9.17, 15) is 4.39 Å². The normalized spacial score (nSPS) is 18.7. The number of nitrogens with one attached hydrogen (secondary N) is 2. The molecule has 1 fully saturated rings. The van der Waals surface area contributed by atoms with E-state index in [1.165, 1.54) is 17.7 Å². The average molecular weight is 477 g/mol. The summed E-state index contributed by atoms with van der Waals surface area (Å²) < 4.78 is 19.0. The van der Waals surface area contributed by atoms with Crippen LogP contribution in [0.1, 0.15) is 43.0 Å². The van der Waals surface area contributed by atoms with Gasteiger partial charge in [0.1, 0.15) is 11.6 Å². The van der Waals surface area contributed by atoms with E-state index in [1.54, 1.807) is 7.11 Å². The summed E-state index contributed by atoms with van der Waals surface area (Å²) in [4.78, 5) is 0. The van der Waals surface area contributed by atoms with Crippen LogP contribution in [0.5, 0.6) is 5.75 Å². The highest BCUT2D eigenvalue weighted by molar-refractivity contribution is 5.85. The molecule has 1 aliphatic rings. The molecular weight excluding hydrogens is 446 g/mol. The monoisotopic (exact) mass is 476 g/mol. The molecule has 0 bridgehead atoms. The number of hydrogen-bond donors (Lipinski definition) is 2. The maximum absolute atomic E-state index is 13.3. The molecule has 1 aliphatic heterocycles. The Morgan fingerprint density at radius 3 is 2.34 bits per heavy atom. The Morgan fingerprint density at radius 1 is 0.969 bits per heavy atom. The van der Waals surface area contributed by atoms with Crippen molar-refractivity contribution in [3.8, 4) is 16.9 Å². The van der Waals surface area contributed by atoms with Crippen LogP contribution in [0.2, 0.25) is 0 Å².